The molecule has 0 spiro atoms. The Morgan fingerprint density at radius 2 is 2.40 bits per heavy atom. The summed E-state index contributed by atoms with van der Waals surface area (Å²) in [5.41, 5.74) is 5.30. The van der Waals surface area contributed by atoms with Crippen molar-refractivity contribution in [2.75, 3.05) is 25.1 Å². The van der Waals surface area contributed by atoms with Crippen LogP contribution in [0.4, 0.5) is 6.01 Å². The molecule has 0 aromatic carbocycles. The Kier molecular flexibility index (Phi) is 2.88. The zero-order valence-electron chi connectivity index (χ0n) is 8.82. The van der Waals surface area contributed by atoms with E-state index in [4.69, 9.17) is 14.9 Å². The first-order valence-electron chi connectivity index (χ1n) is 5.10. The second kappa shape index (κ2) is 4.16. The molecule has 0 bridgehead atoms. The Hall–Kier alpha value is -1.14. The molecule has 1 aromatic heterocycles. The second-order valence-corrected chi connectivity index (χ2v) is 4.03. The van der Waals surface area contributed by atoms with Crippen LogP contribution in [0.3, 0.4) is 0 Å². The molecule has 1 aromatic rings. The molecule has 6 nitrogen and oxygen atoms in total. The summed E-state index contributed by atoms with van der Waals surface area (Å²) in [5.74, 6) is 0.572. The molecular weight excluding hydrogens is 196 g/mol. The van der Waals surface area contributed by atoms with Crippen molar-refractivity contribution in [3.05, 3.63) is 5.89 Å². The summed E-state index contributed by atoms with van der Waals surface area (Å²) in [7, 11) is 0. The van der Waals surface area contributed by atoms with Gasteiger partial charge in [-0.1, -0.05) is 5.10 Å². The first-order valence-corrected chi connectivity index (χ1v) is 5.10. The van der Waals surface area contributed by atoms with Gasteiger partial charge in [-0.3, -0.25) is 0 Å². The fraction of sp³-hybridized carbons (Fsp3) is 0.778. The van der Waals surface area contributed by atoms with Crippen molar-refractivity contribution in [3.63, 3.8) is 0 Å². The maximum Gasteiger partial charge on any atom is 0.315 e. The molecule has 2 rings (SSSR count). The predicted molar refractivity (Wildman–Crippen MR) is 54.5 cm³/mol. The number of ether oxygens (including phenoxy) is 1. The molecule has 0 radical (unpaired) electrons. The second-order valence-electron chi connectivity index (χ2n) is 4.03. The lowest BCUT2D eigenvalue weighted by Gasteiger charge is -2.21. The number of aromatic nitrogens is 2. The normalized spacial score (nSPS) is 25.7. The molecule has 0 aliphatic carbocycles. The molecule has 1 aliphatic rings. The van der Waals surface area contributed by atoms with E-state index in [1.165, 1.54) is 0 Å². The van der Waals surface area contributed by atoms with Gasteiger partial charge in [0, 0.05) is 19.6 Å². The van der Waals surface area contributed by atoms with E-state index >= 15 is 0 Å². The maximum absolute atomic E-state index is 5.39. The van der Waals surface area contributed by atoms with Crippen molar-refractivity contribution in [1.82, 2.24) is 10.2 Å². The van der Waals surface area contributed by atoms with Crippen LogP contribution >= 0.6 is 0 Å². The number of nitrogens with two attached hydrogens (primary N) is 1. The van der Waals surface area contributed by atoms with Crippen molar-refractivity contribution in [3.8, 4) is 0 Å². The summed E-state index contributed by atoms with van der Waals surface area (Å²) < 4.78 is 10.7. The SMILES string of the molecule is CC1(Nc2nnc(CCN)o2)CCOC1. The number of rotatable bonds is 4. The van der Waals surface area contributed by atoms with Gasteiger partial charge in [-0.25, -0.2) is 0 Å². The van der Waals surface area contributed by atoms with Crippen LogP contribution in [-0.4, -0.2) is 35.5 Å². The molecule has 1 fully saturated rings. The topological polar surface area (TPSA) is 86.2 Å². The van der Waals surface area contributed by atoms with Gasteiger partial charge in [-0.2, -0.15) is 0 Å². The van der Waals surface area contributed by atoms with Gasteiger partial charge < -0.3 is 20.2 Å². The molecular formula is C9H16N4O2. The monoisotopic (exact) mass is 212 g/mol. The van der Waals surface area contributed by atoms with Crippen LogP contribution in [0.15, 0.2) is 4.42 Å². The Balaban J connectivity index is 1.97. The highest BCUT2D eigenvalue weighted by Gasteiger charge is 2.31. The molecule has 0 amide bonds. The Bertz CT molecular complexity index is 320. The average molecular weight is 212 g/mol. The summed E-state index contributed by atoms with van der Waals surface area (Å²) in [6, 6.07) is 0.450. The molecule has 1 saturated heterocycles. The van der Waals surface area contributed by atoms with Gasteiger partial charge >= 0.3 is 6.01 Å². The highest BCUT2D eigenvalue weighted by molar-refractivity contribution is 5.24. The number of hydrogen-bond acceptors (Lipinski definition) is 6. The van der Waals surface area contributed by atoms with Crippen LogP contribution in [0.2, 0.25) is 0 Å². The first kappa shape index (κ1) is 10.4. The Labute approximate surface area is 88.2 Å². The van der Waals surface area contributed by atoms with Gasteiger partial charge in [0.25, 0.3) is 0 Å². The van der Waals surface area contributed by atoms with Crippen molar-refractivity contribution < 1.29 is 9.15 Å². The van der Waals surface area contributed by atoms with Crippen molar-refractivity contribution in [2.45, 2.75) is 25.3 Å². The minimum absolute atomic E-state index is 0.0908. The van der Waals surface area contributed by atoms with E-state index in [-0.39, 0.29) is 5.54 Å². The quantitative estimate of drug-likeness (QED) is 0.739. The molecule has 15 heavy (non-hydrogen) atoms. The summed E-state index contributed by atoms with van der Waals surface area (Å²) in [5, 5.41) is 11.0. The van der Waals surface area contributed by atoms with Crippen molar-refractivity contribution in [2.24, 2.45) is 5.73 Å². The molecule has 6 heteroatoms. The summed E-state index contributed by atoms with van der Waals surface area (Å²) in [4.78, 5) is 0. The first-order chi connectivity index (χ1) is 7.22. The summed E-state index contributed by atoms with van der Waals surface area (Å²) >= 11 is 0. The lowest BCUT2D eigenvalue weighted by molar-refractivity contribution is 0.184. The third kappa shape index (κ3) is 2.45. The molecule has 3 N–H and O–H groups in total. The lowest BCUT2D eigenvalue weighted by Crippen LogP contribution is -2.35. The number of anilines is 1. The third-order valence-electron chi connectivity index (χ3n) is 2.45. The van der Waals surface area contributed by atoms with Crippen LogP contribution < -0.4 is 11.1 Å². The van der Waals surface area contributed by atoms with E-state index in [1.54, 1.807) is 0 Å². The Morgan fingerprint density at radius 3 is 3.07 bits per heavy atom. The van der Waals surface area contributed by atoms with E-state index in [2.05, 4.69) is 22.4 Å². The van der Waals surface area contributed by atoms with E-state index in [0.717, 1.165) is 13.0 Å². The predicted octanol–water partition coefficient (Wildman–Crippen LogP) is 0.162. The highest BCUT2D eigenvalue weighted by Crippen LogP contribution is 2.22. The van der Waals surface area contributed by atoms with Crippen LogP contribution in [0.25, 0.3) is 0 Å². The minimum atomic E-state index is -0.0908. The molecule has 84 valence electrons. The van der Waals surface area contributed by atoms with Gasteiger partial charge in [0.15, 0.2) is 0 Å². The largest absolute Gasteiger partial charge is 0.408 e. The molecule has 1 unspecified atom stereocenters. The number of hydrogen-bond donors (Lipinski definition) is 2. The van der Waals surface area contributed by atoms with E-state index in [9.17, 15) is 0 Å². The number of nitrogens with one attached hydrogen (secondary N) is 1. The summed E-state index contributed by atoms with van der Waals surface area (Å²) in [6.07, 6.45) is 1.56. The minimum Gasteiger partial charge on any atom is -0.408 e. The van der Waals surface area contributed by atoms with Crippen LogP contribution in [-0.2, 0) is 11.2 Å². The third-order valence-corrected chi connectivity index (χ3v) is 2.45. The smallest absolute Gasteiger partial charge is 0.315 e. The van der Waals surface area contributed by atoms with E-state index in [0.29, 0.717) is 31.5 Å². The standard InChI is InChI=1S/C9H16N4O2/c1-9(3-5-14-6-9)11-8-13-12-7(15-8)2-4-10/h2-6,10H2,1H3,(H,11,13). The maximum atomic E-state index is 5.39. The van der Waals surface area contributed by atoms with Gasteiger partial charge in [-0.15, -0.1) is 5.10 Å². The average Bonchev–Trinajstić information content (AvgIpc) is 2.77. The number of nitrogens with zero attached hydrogens (tertiary/aromatic N) is 2. The van der Waals surface area contributed by atoms with E-state index in [1.807, 2.05) is 0 Å². The molecule has 1 atom stereocenters. The van der Waals surface area contributed by atoms with Gasteiger partial charge in [-0.05, 0) is 13.3 Å². The zero-order valence-corrected chi connectivity index (χ0v) is 8.82. The van der Waals surface area contributed by atoms with Crippen molar-refractivity contribution >= 4 is 6.01 Å². The van der Waals surface area contributed by atoms with Gasteiger partial charge in [0.1, 0.15) is 0 Å². The fourth-order valence-electron chi connectivity index (χ4n) is 1.55. The Morgan fingerprint density at radius 1 is 1.53 bits per heavy atom. The highest BCUT2D eigenvalue weighted by atomic mass is 16.5. The van der Waals surface area contributed by atoms with Gasteiger partial charge in [0.05, 0.1) is 12.1 Å². The van der Waals surface area contributed by atoms with Crippen LogP contribution in [0, 0.1) is 0 Å². The van der Waals surface area contributed by atoms with E-state index < -0.39 is 0 Å². The fourth-order valence-corrected chi connectivity index (χ4v) is 1.55. The molecule has 0 saturated carbocycles. The van der Waals surface area contributed by atoms with Crippen LogP contribution in [0.5, 0.6) is 0 Å². The van der Waals surface area contributed by atoms with Crippen molar-refractivity contribution in [1.29, 1.82) is 0 Å². The molecule has 1 aliphatic heterocycles. The molecule has 2 heterocycles. The van der Waals surface area contributed by atoms with Gasteiger partial charge in [0.2, 0.25) is 5.89 Å². The van der Waals surface area contributed by atoms with Crippen LogP contribution in [0.1, 0.15) is 19.2 Å². The lowest BCUT2D eigenvalue weighted by atomic mass is 10.0. The zero-order chi connectivity index (χ0) is 10.7. The summed E-state index contributed by atoms with van der Waals surface area (Å²) in [6.45, 7) is 4.03.